The van der Waals surface area contributed by atoms with Gasteiger partial charge in [-0.1, -0.05) is 81.4 Å². The molecule has 7 heteroatoms. The van der Waals surface area contributed by atoms with Crippen molar-refractivity contribution in [2.75, 3.05) is 0 Å². The van der Waals surface area contributed by atoms with Gasteiger partial charge in [0.05, 0.1) is 16.6 Å². The number of nitrogens with zero attached hydrogens (tertiary/aromatic N) is 6. The lowest BCUT2D eigenvalue weighted by molar-refractivity contribution is 0.445. The summed E-state index contributed by atoms with van der Waals surface area (Å²) < 4.78 is 10.8. The van der Waals surface area contributed by atoms with E-state index in [1.54, 1.807) is 0 Å². The Kier molecular flexibility index (Phi) is 6.20. The summed E-state index contributed by atoms with van der Waals surface area (Å²) in [6.45, 7) is 6.32. The predicted molar refractivity (Wildman–Crippen MR) is 179 cm³/mol. The fraction of sp³-hybridized carbons (Fsp3) is 0.105. The molecule has 0 aliphatic rings. The van der Waals surface area contributed by atoms with Gasteiger partial charge in [-0.2, -0.15) is 4.98 Å². The normalized spacial score (nSPS) is 11.9. The molecule has 4 aromatic heterocycles. The molecule has 0 aliphatic carbocycles. The molecule has 0 unspecified atom stereocenters. The molecule has 0 aliphatic heterocycles. The van der Waals surface area contributed by atoms with Crippen LogP contribution in [0, 0.1) is 0 Å². The van der Waals surface area contributed by atoms with Gasteiger partial charge in [0.25, 0.3) is 0 Å². The first-order chi connectivity index (χ1) is 21.9. The predicted octanol–water partition coefficient (Wildman–Crippen LogP) is 9.06. The van der Waals surface area contributed by atoms with Crippen LogP contribution in [0.15, 0.2) is 128 Å². The number of pyridine rings is 1. The minimum Gasteiger partial charge on any atom is -0.439 e. The van der Waals surface area contributed by atoms with Crippen LogP contribution in [0.25, 0.3) is 55.9 Å². The number of ether oxygens (including phenoxy) is 1. The molecule has 0 spiro atoms. The van der Waals surface area contributed by atoms with Gasteiger partial charge in [0.15, 0.2) is 0 Å². The Morgan fingerprint density at radius 1 is 0.622 bits per heavy atom. The molecule has 8 aromatic rings. The van der Waals surface area contributed by atoms with Crippen LogP contribution in [-0.4, -0.2) is 29.1 Å². The molecule has 0 saturated heterocycles. The van der Waals surface area contributed by atoms with Crippen molar-refractivity contribution in [2.24, 2.45) is 0 Å². The largest absolute Gasteiger partial charge is 0.439 e. The van der Waals surface area contributed by atoms with E-state index in [4.69, 9.17) is 24.7 Å². The summed E-state index contributed by atoms with van der Waals surface area (Å²) in [5.74, 6) is 3.34. The summed E-state index contributed by atoms with van der Waals surface area (Å²) in [7, 11) is 0. The first-order valence-electron chi connectivity index (χ1n) is 15.0. The molecule has 0 amide bonds. The van der Waals surface area contributed by atoms with E-state index in [0.717, 1.165) is 50.0 Å². The number of para-hydroxylation sites is 4. The lowest BCUT2D eigenvalue weighted by Crippen LogP contribution is -2.18. The number of imidazole rings is 1. The van der Waals surface area contributed by atoms with Crippen LogP contribution in [0.5, 0.6) is 11.6 Å². The summed E-state index contributed by atoms with van der Waals surface area (Å²) >= 11 is 0. The highest BCUT2D eigenvalue weighted by atomic mass is 16.5. The maximum absolute atomic E-state index is 6.54. The zero-order valence-electron chi connectivity index (χ0n) is 25.2. The molecule has 4 heterocycles. The van der Waals surface area contributed by atoms with E-state index in [1.165, 1.54) is 0 Å². The Bertz CT molecular complexity index is 2290. The van der Waals surface area contributed by atoms with E-state index in [9.17, 15) is 0 Å². The van der Waals surface area contributed by atoms with Gasteiger partial charge < -0.3 is 4.74 Å². The number of fused-ring (bicyclic) bond motifs is 4. The van der Waals surface area contributed by atoms with E-state index >= 15 is 0 Å². The van der Waals surface area contributed by atoms with Crippen molar-refractivity contribution in [3.8, 4) is 34.5 Å². The maximum atomic E-state index is 6.54. The molecule has 4 aromatic carbocycles. The van der Waals surface area contributed by atoms with E-state index in [0.29, 0.717) is 23.3 Å². The molecule has 218 valence electrons. The van der Waals surface area contributed by atoms with Gasteiger partial charge in [-0.3, -0.25) is 9.13 Å². The second-order valence-corrected chi connectivity index (χ2v) is 12.1. The lowest BCUT2D eigenvalue weighted by atomic mass is 9.96. The Morgan fingerprint density at radius 3 is 2.22 bits per heavy atom. The zero-order chi connectivity index (χ0) is 30.5. The average molecular weight is 587 g/mol. The van der Waals surface area contributed by atoms with Crippen LogP contribution in [0.4, 0.5) is 0 Å². The average Bonchev–Trinajstić information content (AvgIpc) is 3.61. The van der Waals surface area contributed by atoms with Gasteiger partial charge in [0.1, 0.15) is 28.9 Å². The second kappa shape index (κ2) is 10.4. The summed E-state index contributed by atoms with van der Waals surface area (Å²) in [6, 6.07) is 40.7. The van der Waals surface area contributed by atoms with Crippen LogP contribution in [0.1, 0.15) is 26.6 Å². The fourth-order valence-corrected chi connectivity index (χ4v) is 5.82. The quantitative estimate of drug-likeness (QED) is 0.201. The van der Waals surface area contributed by atoms with Gasteiger partial charge in [-0.15, -0.1) is 0 Å². The number of aromatic nitrogens is 6. The third-order valence-electron chi connectivity index (χ3n) is 7.91. The number of benzene rings is 4. The third kappa shape index (κ3) is 4.69. The maximum Gasteiger partial charge on any atom is 0.224 e. The monoisotopic (exact) mass is 586 g/mol. The standard InChI is InChI=1S/C38H30N6O/c1-38(2,3)37-41-33(44-31-20-9-7-17-28(31)29-18-12-22-39-36(29)44)24-34(42-37)45-27-16-11-13-25(23-27)35-40-30-19-8-10-21-32(30)43(35)26-14-5-4-6-15-26/h4-24H,1-3H3. The first kappa shape index (κ1) is 26.8. The Balaban J connectivity index is 1.26. The minimum atomic E-state index is -0.317. The summed E-state index contributed by atoms with van der Waals surface area (Å²) in [4.78, 5) is 19.7. The molecule has 0 saturated carbocycles. The Labute approximate surface area is 260 Å². The van der Waals surface area contributed by atoms with Crippen LogP contribution >= 0.6 is 0 Å². The highest BCUT2D eigenvalue weighted by molar-refractivity contribution is 6.07. The van der Waals surface area contributed by atoms with Crippen molar-refractivity contribution in [1.29, 1.82) is 0 Å². The van der Waals surface area contributed by atoms with Crippen molar-refractivity contribution in [2.45, 2.75) is 26.2 Å². The van der Waals surface area contributed by atoms with Crippen molar-refractivity contribution >= 4 is 33.0 Å². The van der Waals surface area contributed by atoms with Crippen molar-refractivity contribution < 1.29 is 4.74 Å². The number of hydrogen-bond donors (Lipinski definition) is 0. The fourth-order valence-electron chi connectivity index (χ4n) is 5.82. The first-order valence-corrected chi connectivity index (χ1v) is 15.0. The van der Waals surface area contributed by atoms with Crippen molar-refractivity contribution in [3.05, 3.63) is 133 Å². The molecular formula is C38H30N6O. The Hall–Kier alpha value is -5.82. The smallest absolute Gasteiger partial charge is 0.224 e. The molecule has 45 heavy (non-hydrogen) atoms. The SMILES string of the molecule is CC(C)(C)c1nc(Oc2cccc(-c3nc4ccccc4n3-c3ccccc3)c2)cc(-n2c3ccccc3c3cccnc32)n1. The zero-order valence-corrected chi connectivity index (χ0v) is 25.2. The topological polar surface area (TPSA) is 70.7 Å². The van der Waals surface area contributed by atoms with E-state index in [-0.39, 0.29) is 5.41 Å². The van der Waals surface area contributed by atoms with Gasteiger partial charge in [-0.25, -0.2) is 15.0 Å². The number of hydrogen-bond acceptors (Lipinski definition) is 5. The Morgan fingerprint density at radius 2 is 1.38 bits per heavy atom. The van der Waals surface area contributed by atoms with Crippen LogP contribution in [-0.2, 0) is 5.41 Å². The highest BCUT2D eigenvalue weighted by Gasteiger charge is 2.23. The molecule has 0 fully saturated rings. The molecular weight excluding hydrogens is 556 g/mol. The second-order valence-electron chi connectivity index (χ2n) is 12.1. The highest BCUT2D eigenvalue weighted by Crippen LogP contribution is 2.35. The van der Waals surface area contributed by atoms with Crippen LogP contribution < -0.4 is 4.74 Å². The summed E-state index contributed by atoms with van der Waals surface area (Å²) in [6.07, 6.45) is 1.81. The molecule has 8 rings (SSSR count). The molecule has 0 N–H and O–H groups in total. The van der Waals surface area contributed by atoms with Gasteiger partial charge >= 0.3 is 0 Å². The van der Waals surface area contributed by atoms with Gasteiger partial charge in [0, 0.05) is 39.7 Å². The molecule has 7 nitrogen and oxygen atoms in total. The van der Waals surface area contributed by atoms with Crippen molar-refractivity contribution in [3.63, 3.8) is 0 Å². The molecule has 0 bridgehead atoms. The van der Waals surface area contributed by atoms with Gasteiger partial charge in [0.2, 0.25) is 5.88 Å². The van der Waals surface area contributed by atoms with Crippen molar-refractivity contribution in [1.82, 2.24) is 29.1 Å². The summed E-state index contributed by atoms with van der Waals surface area (Å²) in [5, 5.41) is 2.19. The minimum absolute atomic E-state index is 0.317. The lowest BCUT2D eigenvalue weighted by Gasteiger charge is -2.19. The van der Waals surface area contributed by atoms with Gasteiger partial charge in [-0.05, 0) is 54.6 Å². The molecule has 0 atom stereocenters. The third-order valence-corrected chi connectivity index (χ3v) is 7.91. The summed E-state index contributed by atoms with van der Waals surface area (Å²) in [5.41, 5.74) is 5.50. The van der Waals surface area contributed by atoms with Crippen LogP contribution in [0.3, 0.4) is 0 Å². The van der Waals surface area contributed by atoms with E-state index in [1.807, 2.05) is 85.1 Å². The van der Waals surface area contributed by atoms with Crippen LogP contribution in [0.2, 0.25) is 0 Å². The number of rotatable bonds is 5. The van der Waals surface area contributed by atoms with E-state index in [2.05, 4.69) is 72.4 Å². The molecule has 0 radical (unpaired) electrons. The van der Waals surface area contributed by atoms with E-state index < -0.39 is 0 Å².